The van der Waals surface area contributed by atoms with Crippen LogP contribution in [0.5, 0.6) is 0 Å². The molecule has 3 heterocycles. The number of amides is 3. The first-order valence-corrected chi connectivity index (χ1v) is 12.7. The van der Waals surface area contributed by atoms with E-state index in [9.17, 15) is 18.8 Å². The fourth-order valence-corrected chi connectivity index (χ4v) is 5.62. The van der Waals surface area contributed by atoms with Crippen molar-refractivity contribution in [3.05, 3.63) is 65.0 Å². The van der Waals surface area contributed by atoms with Crippen LogP contribution in [0.1, 0.15) is 65.8 Å². The lowest BCUT2D eigenvalue weighted by molar-refractivity contribution is -0.125. The molecule has 2 fully saturated rings. The molecule has 3 amide bonds. The van der Waals surface area contributed by atoms with Crippen LogP contribution in [0.15, 0.2) is 42.5 Å². The maximum Gasteiger partial charge on any atom is 0.263 e. The van der Waals surface area contributed by atoms with Gasteiger partial charge in [0.1, 0.15) is 5.82 Å². The van der Waals surface area contributed by atoms with Crippen molar-refractivity contribution in [1.82, 2.24) is 10.2 Å². The van der Waals surface area contributed by atoms with Crippen LogP contribution in [-0.4, -0.2) is 54.0 Å². The predicted octanol–water partition coefficient (Wildman–Crippen LogP) is 3.91. The van der Waals surface area contributed by atoms with Gasteiger partial charge in [0.05, 0.1) is 22.4 Å². The Morgan fingerprint density at radius 2 is 1.78 bits per heavy atom. The zero-order chi connectivity index (χ0) is 25.4. The van der Waals surface area contributed by atoms with E-state index in [4.69, 9.17) is 4.74 Å². The predicted molar refractivity (Wildman–Crippen MR) is 133 cm³/mol. The van der Waals surface area contributed by atoms with Crippen LogP contribution < -0.4 is 10.2 Å². The minimum atomic E-state index is -0.375. The van der Waals surface area contributed by atoms with Crippen molar-refractivity contribution in [2.45, 2.75) is 57.7 Å². The SMILES string of the molecule is CC1(C)C[C@H](N2C(=O)c3cccc(N4CCC(C(=O)NCc5ccc(F)cc5)CC4)c3C2=O)CCO1. The number of fused-ring (bicyclic) bond motifs is 1. The Balaban J connectivity index is 1.24. The molecule has 5 rings (SSSR count). The summed E-state index contributed by atoms with van der Waals surface area (Å²) >= 11 is 0. The highest BCUT2D eigenvalue weighted by atomic mass is 19.1. The fraction of sp³-hybridized carbons (Fsp3) is 0.464. The molecule has 3 aliphatic rings. The molecule has 8 heteroatoms. The van der Waals surface area contributed by atoms with E-state index in [0.29, 0.717) is 63.1 Å². The third kappa shape index (κ3) is 4.74. The number of hydrogen-bond acceptors (Lipinski definition) is 5. The number of benzene rings is 2. The lowest BCUT2D eigenvalue weighted by atomic mass is 9.93. The van der Waals surface area contributed by atoms with E-state index in [1.807, 2.05) is 26.0 Å². The summed E-state index contributed by atoms with van der Waals surface area (Å²) in [4.78, 5) is 43.1. The number of piperidine rings is 1. The molecule has 0 bridgehead atoms. The molecule has 3 aliphatic heterocycles. The number of rotatable bonds is 5. The third-order valence-electron chi connectivity index (χ3n) is 7.55. The Hall–Kier alpha value is -3.26. The van der Waals surface area contributed by atoms with E-state index < -0.39 is 0 Å². The molecule has 36 heavy (non-hydrogen) atoms. The number of nitrogens with zero attached hydrogens (tertiary/aromatic N) is 2. The lowest BCUT2D eigenvalue weighted by Gasteiger charge is -2.39. The minimum absolute atomic E-state index is 0.0168. The molecule has 2 saturated heterocycles. The van der Waals surface area contributed by atoms with E-state index in [1.54, 1.807) is 18.2 Å². The van der Waals surface area contributed by atoms with E-state index in [2.05, 4.69) is 10.2 Å². The Bertz CT molecular complexity index is 1170. The van der Waals surface area contributed by atoms with Crippen molar-refractivity contribution in [2.75, 3.05) is 24.6 Å². The quantitative estimate of drug-likeness (QED) is 0.639. The first-order chi connectivity index (χ1) is 17.2. The summed E-state index contributed by atoms with van der Waals surface area (Å²) in [7, 11) is 0. The third-order valence-corrected chi connectivity index (χ3v) is 7.55. The summed E-state index contributed by atoms with van der Waals surface area (Å²) in [5, 5.41) is 2.95. The Kier molecular flexibility index (Phi) is 6.55. The summed E-state index contributed by atoms with van der Waals surface area (Å²) in [6.45, 7) is 6.11. The van der Waals surface area contributed by atoms with E-state index >= 15 is 0 Å². The molecule has 0 spiro atoms. The van der Waals surface area contributed by atoms with Crippen molar-refractivity contribution in [3.63, 3.8) is 0 Å². The molecule has 1 N–H and O–H groups in total. The van der Waals surface area contributed by atoms with Gasteiger partial charge in [0.2, 0.25) is 5.91 Å². The van der Waals surface area contributed by atoms with E-state index in [-0.39, 0.29) is 41.1 Å². The zero-order valence-corrected chi connectivity index (χ0v) is 20.8. The standard InChI is InChI=1S/C28H32FN3O4/c1-28(2)16-21(12-15-36-28)32-26(34)22-4-3-5-23(24(22)27(32)35)31-13-10-19(11-14-31)25(33)30-17-18-6-8-20(29)9-7-18/h3-9,19,21H,10-17H2,1-2H3,(H,30,33)/t21-/m1/s1. The van der Waals surface area contributed by atoms with Crippen LogP contribution in [0, 0.1) is 11.7 Å². The summed E-state index contributed by atoms with van der Waals surface area (Å²) in [6, 6.07) is 11.4. The van der Waals surface area contributed by atoms with Gasteiger partial charge in [0, 0.05) is 38.2 Å². The number of hydrogen-bond donors (Lipinski definition) is 1. The Morgan fingerprint density at radius 3 is 2.47 bits per heavy atom. The van der Waals surface area contributed by atoms with Crippen molar-refractivity contribution >= 4 is 23.4 Å². The van der Waals surface area contributed by atoms with E-state index in [0.717, 1.165) is 11.3 Å². The Morgan fingerprint density at radius 1 is 1.06 bits per heavy atom. The van der Waals surface area contributed by atoms with Crippen molar-refractivity contribution in [1.29, 1.82) is 0 Å². The van der Waals surface area contributed by atoms with Gasteiger partial charge in [0.15, 0.2) is 0 Å². The molecule has 0 saturated carbocycles. The van der Waals surface area contributed by atoms with Crippen LogP contribution in [0.25, 0.3) is 0 Å². The van der Waals surface area contributed by atoms with Crippen molar-refractivity contribution in [3.8, 4) is 0 Å². The highest BCUT2D eigenvalue weighted by molar-refractivity contribution is 6.24. The van der Waals surface area contributed by atoms with Gasteiger partial charge < -0.3 is 15.0 Å². The maximum atomic E-state index is 13.5. The number of ether oxygens (including phenoxy) is 1. The average molecular weight is 494 g/mol. The van der Waals surface area contributed by atoms with Crippen LogP contribution in [0.3, 0.4) is 0 Å². The van der Waals surface area contributed by atoms with Crippen LogP contribution in [-0.2, 0) is 16.1 Å². The normalized spacial score (nSPS) is 22.0. The monoisotopic (exact) mass is 493 g/mol. The van der Waals surface area contributed by atoms with Crippen LogP contribution in [0.2, 0.25) is 0 Å². The number of anilines is 1. The zero-order valence-electron chi connectivity index (χ0n) is 20.8. The van der Waals surface area contributed by atoms with Gasteiger partial charge in [-0.3, -0.25) is 19.3 Å². The largest absolute Gasteiger partial charge is 0.375 e. The van der Waals surface area contributed by atoms with Gasteiger partial charge >= 0.3 is 0 Å². The van der Waals surface area contributed by atoms with Crippen molar-refractivity contribution < 1.29 is 23.5 Å². The van der Waals surface area contributed by atoms with Gasteiger partial charge in [-0.05, 0) is 69.4 Å². The lowest BCUT2D eigenvalue weighted by Crippen LogP contribution is -2.48. The molecule has 0 aromatic heterocycles. The first kappa shape index (κ1) is 24.4. The molecule has 7 nitrogen and oxygen atoms in total. The number of carbonyl (C=O) groups is 3. The summed E-state index contributed by atoms with van der Waals surface area (Å²) in [5.41, 5.74) is 2.18. The number of imide groups is 1. The Labute approximate surface area is 210 Å². The minimum Gasteiger partial charge on any atom is -0.375 e. The van der Waals surface area contributed by atoms with Gasteiger partial charge in [-0.25, -0.2) is 4.39 Å². The molecule has 2 aromatic rings. The van der Waals surface area contributed by atoms with Gasteiger partial charge in [0.25, 0.3) is 11.8 Å². The van der Waals surface area contributed by atoms with E-state index in [1.165, 1.54) is 17.0 Å². The molecule has 1 atom stereocenters. The smallest absolute Gasteiger partial charge is 0.263 e. The second-order valence-electron chi connectivity index (χ2n) is 10.5. The first-order valence-electron chi connectivity index (χ1n) is 12.7. The van der Waals surface area contributed by atoms with Crippen molar-refractivity contribution in [2.24, 2.45) is 5.92 Å². The summed E-state index contributed by atoms with van der Waals surface area (Å²) in [5.74, 6) is -0.902. The fourth-order valence-electron chi connectivity index (χ4n) is 5.62. The molecule has 0 aliphatic carbocycles. The van der Waals surface area contributed by atoms with Gasteiger partial charge in [-0.15, -0.1) is 0 Å². The molecular formula is C28H32FN3O4. The summed E-state index contributed by atoms with van der Waals surface area (Å²) < 4.78 is 18.9. The van der Waals surface area contributed by atoms with Crippen LogP contribution >= 0.6 is 0 Å². The topological polar surface area (TPSA) is 79.0 Å². The van der Waals surface area contributed by atoms with Gasteiger partial charge in [-0.2, -0.15) is 0 Å². The van der Waals surface area contributed by atoms with Gasteiger partial charge in [-0.1, -0.05) is 18.2 Å². The highest BCUT2D eigenvalue weighted by Gasteiger charge is 2.45. The number of halogens is 1. The maximum absolute atomic E-state index is 13.5. The molecule has 0 unspecified atom stereocenters. The highest BCUT2D eigenvalue weighted by Crippen LogP contribution is 2.38. The molecular weight excluding hydrogens is 461 g/mol. The molecule has 0 radical (unpaired) electrons. The van der Waals surface area contributed by atoms with Crippen LogP contribution in [0.4, 0.5) is 10.1 Å². The number of nitrogens with one attached hydrogen (secondary N) is 1. The second-order valence-corrected chi connectivity index (χ2v) is 10.5. The summed E-state index contributed by atoms with van der Waals surface area (Å²) in [6.07, 6.45) is 2.56. The number of carbonyl (C=O) groups excluding carboxylic acids is 3. The molecule has 2 aromatic carbocycles. The molecule has 190 valence electrons. The second kappa shape index (κ2) is 9.65. The average Bonchev–Trinajstić information content (AvgIpc) is 3.13.